The van der Waals surface area contributed by atoms with E-state index in [1.165, 1.54) is 87.9 Å². The molecule has 0 N–H and O–H groups in total. The molecule has 0 aliphatic carbocycles. The Kier molecular flexibility index (Phi) is 5.70. The maximum absolute atomic E-state index is 2.43. The Morgan fingerprint density at radius 3 is 1.71 bits per heavy atom. The number of rotatable bonds is 4. The molecule has 0 spiro atoms. The van der Waals surface area contributed by atoms with E-state index in [1.54, 1.807) is 0 Å². The number of hydrogen-bond acceptors (Lipinski definition) is 0. The maximum Gasteiger partial charge on any atom is 0.0547 e. The molecule has 0 fully saturated rings. The van der Waals surface area contributed by atoms with E-state index in [-0.39, 0.29) is 0 Å². The molecule has 0 aliphatic heterocycles. The Hall–Kier alpha value is -5.66. The van der Waals surface area contributed by atoms with Crippen molar-refractivity contribution in [2.45, 2.75) is 13.8 Å². The lowest BCUT2D eigenvalue weighted by Gasteiger charge is -2.20. The zero-order chi connectivity index (χ0) is 30.1. The van der Waals surface area contributed by atoms with Crippen molar-refractivity contribution in [2.75, 3.05) is 0 Å². The van der Waals surface area contributed by atoms with Gasteiger partial charge in [0, 0.05) is 16.6 Å². The Morgan fingerprint density at radius 1 is 0.400 bits per heavy atom. The minimum atomic E-state index is 1.16. The molecule has 0 unspecified atom stereocenters. The summed E-state index contributed by atoms with van der Waals surface area (Å²) in [5.74, 6) is 0. The number of hydrogen-bond donors (Lipinski definition) is 0. The van der Waals surface area contributed by atoms with Crippen LogP contribution in [0.1, 0.15) is 11.1 Å². The van der Waals surface area contributed by atoms with Gasteiger partial charge in [-0.25, -0.2) is 0 Å². The van der Waals surface area contributed by atoms with Crippen LogP contribution in [0, 0.1) is 13.8 Å². The third kappa shape index (κ3) is 4.01. The number of aryl methyl sites for hydroxylation is 2. The van der Waals surface area contributed by atoms with E-state index in [1.807, 2.05) is 0 Å². The Balaban J connectivity index is 1.44. The molecule has 1 aromatic heterocycles. The minimum absolute atomic E-state index is 1.16. The maximum atomic E-state index is 2.43. The van der Waals surface area contributed by atoms with Gasteiger partial charge in [0.1, 0.15) is 0 Å². The van der Waals surface area contributed by atoms with Gasteiger partial charge in [-0.1, -0.05) is 132 Å². The van der Waals surface area contributed by atoms with Gasteiger partial charge in [-0.05, 0) is 98.8 Å². The molecule has 1 nitrogen and oxygen atoms in total. The number of benzene rings is 8. The van der Waals surface area contributed by atoms with Crippen LogP contribution in [0.4, 0.5) is 0 Å². The quantitative estimate of drug-likeness (QED) is 0.185. The number of nitrogens with zero attached hydrogens (tertiary/aromatic N) is 1. The van der Waals surface area contributed by atoms with Crippen LogP contribution in [0.5, 0.6) is 0 Å². The lowest BCUT2D eigenvalue weighted by Crippen LogP contribution is -1.98. The van der Waals surface area contributed by atoms with Crippen LogP contribution in [-0.2, 0) is 0 Å². The lowest BCUT2D eigenvalue weighted by molar-refractivity contribution is 1.14. The second kappa shape index (κ2) is 9.94. The first-order chi connectivity index (χ1) is 22.1. The molecule has 0 radical (unpaired) electrons. The van der Waals surface area contributed by atoms with Crippen LogP contribution in [0.3, 0.4) is 0 Å². The average Bonchev–Trinajstić information content (AvgIpc) is 3.47. The molecule has 9 aromatic rings. The molecule has 1 heteroatoms. The van der Waals surface area contributed by atoms with E-state index in [0.29, 0.717) is 0 Å². The van der Waals surface area contributed by atoms with Gasteiger partial charge in [0.25, 0.3) is 0 Å². The van der Waals surface area contributed by atoms with E-state index >= 15 is 0 Å². The summed E-state index contributed by atoms with van der Waals surface area (Å²) >= 11 is 0. The molecular formula is C44H31N. The third-order valence-electron chi connectivity index (χ3n) is 9.51. The van der Waals surface area contributed by atoms with Crippen LogP contribution in [0.15, 0.2) is 152 Å². The highest BCUT2D eigenvalue weighted by Gasteiger charge is 2.21. The number of aromatic nitrogens is 1. The Labute approximate surface area is 263 Å². The predicted octanol–water partition coefficient (Wildman–Crippen LogP) is 12.1. The average molecular weight is 574 g/mol. The van der Waals surface area contributed by atoms with Crippen molar-refractivity contribution in [1.29, 1.82) is 0 Å². The molecule has 8 aromatic carbocycles. The second-order valence-electron chi connectivity index (χ2n) is 12.3. The molecule has 9 rings (SSSR count). The fourth-order valence-electron chi connectivity index (χ4n) is 7.27. The summed E-state index contributed by atoms with van der Waals surface area (Å²) in [6, 6.07) is 56.2. The van der Waals surface area contributed by atoms with Crippen LogP contribution in [0.2, 0.25) is 0 Å². The number of fused-ring (bicyclic) bond motifs is 1. The number of para-hydroxylation sites is 2. The van der Waals surface area contributed by atoms with E-state index in [4.69, 9.17) is 0 Å². The first-order valence-corrected chi connectivity index (χ1v) is 15.7. The summed E-state index contributed by atoms with van der Waals surface area (Å²) in [6.45, 7) is 4.31. The third-order valence-corrected chi connectivity index (χ3v) is 9.51. The summed E-state index contributed by atoms with van der Waals surface area (Å²) in [6.07, 6.45) is 0. The van der Waals surface area contributed by atoms with Crippen LogP contribution >= 0.6 is 0 Å². The van der Waals surface area contributed by atoms with Crippen LogP contribution in [0.25, 0.3) is 82.4 Å². The fraction of sp³-hybridized carbons (Fsp3) is 0.0455. The molecule has 0 aliphatic rings. The minimum Gasteiger partial charge on any atom is -0.309 e. The van der Waals surface area contributed by atoms with Gasteiger partial charge in [0.2, 0.25) is 0 Å². The van der Waals surface area contributed by atoms with Gasteiger partial charge in [-0.2, -0.15) is 0 Å². The molecule has 0 saturated carbocycles. The topological polar surface area (TPSA) is 4.93 Å². The molecule has 0 amide bonds. The van der Waals surface area contributed by atoms with Crippen molar-refractivity contribution >= 4 is 43.2 Å². The standard InChI is InChI=1S/C44H31N/c1-28-12-16-30(17-13-28)35-22-20-32-21-23-37-39(31-18-14-29(2)15-19-31)27-40(38-25-24-36(35)43(32)44(37)38)42-26-33-8-6-7-11-41(33)45(42)34-9-4-3-5-10-34/h3-27H,1-2H3. The van der Waals surface area contributed by atoms with Gasteiger partial charge in [0.15, 0.2) is 0 Å². The molecule has 0 saturated heterocycles. The second-order valence-corrected chi connectivity index (χ2v) is 12.3. The van der Waals surface area contributed by atoms with Gasteiger partial charge in [-0.15, -0.1) is 0 Å². The van der Waals surface area contributed by atoms with Crippen molar-refractivity contribution in [3.05, 3.63) is 163 Å². The normalized spacial score (nSPS) is 11.8. The smallest absolute Gasteiger partial charge is 0.0547 e. The first kappa shape index (κ1) is 25.8. The molecule has 0 bridgehead atoms. The Bertz CT molecular complexity index is 2510. The Morgan fingerprint density at radius 2 is 0.978 bits per heavy atom. The summed E-state index contributed by atoms with van der Waals surface area (Å²) in [4.78, 5) is 0. The van der Waals surface area contributed by atoms with E-state index in [2.05, 4.69) is 170 Å². The lowest BCUT2D eigenvalue weighted by atomic mass is 9.84. The largest absolute Gasteiger partial charge is 0.309 e. The SMILES string of the molecule is Cc1ccc(-c2ccc3ccc4c(-c5ccc(C)cc5)cc(-c5cc6ccccc6n5-c5ccccc5)c5ccc2c3c45)cc1. The van der Waals surface area contributed by atoms with Crippen molar-refractivity contribution in [3.8, 4) is 39.2 Å². The van der Waals surface area contributed by atoms with Crippen molar-refractivity contribution < 1.29 is 0 Å². The summed E-state index contributed by atoms with van der Waals surface area (Å²) in [5.41, 5.74) is 12.4. The van der Waals surface area contributed by atoms with E-state index in [0.717, 1.165) is 5.69 Å². The van der Waals surface area contributed by atoms with Crippen LogP contribution in [-0.4, -0.2) is 4.57 Å². The monoisotopic (exact) mass is 573 g/mol. The highest BCUT2D eigenvalue weighted by Crippen LogP contribution is 2.47. The van der Waals surface area contributed by atoms with Crippen molar-refractivity contribution in [3.63, 3.8) is 0 Å². The van der Waals surface area contributed by atoms with Gasteiger partial charge < -0.3 is 4.57 Å². The van der Waals surface area contributed by atoms with Crippen molar-refractivity contribution in [2.24, 2.45) is 0 Å². The molecule has 212 valence electrons. The summed E-state index contributed by atoms with van der Waals surface area (Å²) in [7, 11) is 0. The predicted molar refractivity (Wildman–Crippen MR) is 193 cm³/mol. The van der Waals surface area contributed by atoms with Crippen LogP contribution < -0.4 is 0 Å². The molecule has 1 heterocycles. The van der Waals surface area contributed by atoms with Gasteiger partial charge >= 0.3 is 0 Å². The first-order valence-electron chi connectivity index (χ1n) is 15.7. The van der Waals surface area contributed by atoms with Crippen molar-refractivity contribution in [1.82, 2.24) is 4.57 Å². The highest BCUT2D eigenvalue weighted by atomic mass is 15.0. The zero-order valence-electron chi connectivity index (χ0n) is 25.4. The molecule has 45 heavy (non-hydrogen) atoms. The van der Waals surface area contributed by atoms with E-state index < -0.39 is 0 Å². The summed E-state index contributed by atoms with van der Waals surface area (Å²) < 4.78 is 2.43. The summed E-state index contributed by atoms with van der Waals surface area (Å²) in [5, 5.41) is 9.04. The molecular weight excluding hydrogens is 542 g/mol. The van der Waals surface area contributed by atoms with Gasteiger partial charge in [-0.3, -0.25) is 0 Å². The highest BCUT2D eigenvalue weighted by molar-refractivity contribution is 6.30. The fourth-order valence-corrected chi connectivity index (χ4v) is 7.27. The van der Waals surface area contributed by atoms with Gasteiger partial charge in [0.05, 0.1) is 11.2 Å². The van der Waals surface area contributed by atoms with E-state index in [9.17, 15) is 0 Å². The zero-order valence-corrected chi connectivity index (χ0v) is 25.4. The molecule has 0 atom stereocenters.